The molecule has 1 aliphatic heterocycles. The topological polar surface area (TPSA) is 104 Å². The minimum atomic E-state index is -0.949. The molecule has 0 radical (unpaired) electrons. The quantitative estimate of drug-likeness (QED) is 0.326. The standard InChI is InChI=1S/C23H18FN3O5S/c1-3-32-22(29)19-13(2)25-23-26(20(19)15-5-4-6-17(12-15)27(30)31)21(28)18(33-23)11-14-7-9-16(24)10-8-14/h4-12,20H,3H2,1-2H3/b18-11+/t20-/m1/s1. The third-order valence-corrected chi connectivity index (χ3v) is 6.06. The van der Waals surface area contributed by atoms with E-state index in [1.807, 2.05) is 0 Å². The Kier molecular flexibility index (Phi) is 6.01. The molecule has 1 atom stereocenters. The molecule has 0 saturated heterocycles. The first kappa shape index (κ1) is 22.3. The van der Waals surface area contributed by atoms with Gasteiger partial charge in [-0.2, -0.15) is 0 Å². The number of carbonyl (C=O) groups is 1. The fourth-order valence-corrected chi connectivity index (χ4v) is 4.67. The first-order chi connectivity index (χ1) is 15.8. The predicted molar refractivity (Wildman–Crippen MR) is 120 cm³/mol. The maximum absolute atomic E-state index is 13.4. The molecule has 1 aromatic heterocycles. The van der Waals surface area contributed by atoms with Gasteiger partial charge in [-0.1, -0.05) is 35.6 Å². The van der Waals surface area contributed by atoms with Crippen LogP contribution in [0.2, 0.25) is 0 Å². The van der Waals surface area contributed by atoms with Crippen molar-refractivity contribution in [1.29, 1.82) is 0 Å². The van der Waals surface area contributed by atoms with Crippen LogP contribution in [0.15, 0.2) is 69.6 Å². The number of carbonyl (C=O) groups excluding carboxylic acids is 1. The summed E-state index contributed by atoms with van der Waals surface area (Å²) in [6, 6.07) is 10.5. The third kappa shape index (κ3) is 4.24. The summed E-state index contributed by atoms with van der Waals surface area (Å²) in [7, 11) is 0. The summed E-state index contributed by atoms with van der Waals surface area (Å²) in [5.74, 6) is -1.04. The van der Waals surface area contributed by atoms with Crippen LogP contribution in [0, 0.1) is 15.9 Å². The number of nitro benzene ring substituents is 1. The van der Waals surface area contributed by atoms with E-state index in [0.29, 0.717) is 26.2 Å². The zero-order valence-corrected chi connectivity index (χ0v) is 18.5. The summed E-state index contributed by atoms with van der Waals surface area (Å²) in [5, 5.41) is 11.3. The number of benzene rings is 2. The van der Waals surface area contributed by atoms with Gasteiger partial charge in [0.2, 0.25) is 0 Å². The molecule has 0 saturated carbocycles. The number of fused-ring (bicyclic) bond motifs is 1. The maximum atomic E-state index is 13.4. The second-order valence-electron chi connectivity index (χ2n) is 7.21. The van der Waals surface area contributed by atoms with E-state index in [-0.39, 0.29) is 17.9 Å². The van der Waals surface area contributed by atoms with Gasteiger partial charge in [0.15, 0.2) is 4.80 Å². The van der Waals surface area contributed by atoms with Crippen molar-refractivity contribution in [3.05, 3.63) is 107 Å². The van der Waals surface area contributed by atoms with Gasteiger partial charge < -0.3 is 4.74 Å². The van der Waals surface area contributed by atoms with E-state index in [4.69, 9.17) is 4.74 Å². The Morgan fingerprint density at radius 2 is 2.03 bits per heavy atom. The van der Waals surface area contributed by atoms with Gasteiger partial charge in [0, 0.05) is 12.1 Å². The van der Waals surface area contributed by atoms with Crippen LogP contribution in [0.1, 0.15) is 31.0 Å². The lowest BCUT2D eigenvalue weighted by Gasteiger charge is -2.24. The molecule has 168 valence electrons. The Balaban J connectivity index is 1.97. The van der Waals surface area contributed by atoms with Crippen LogP contribution in [-0.2, 0) is 9.53 Å². The fraction of sp³-hybridized carbons (Fsp3) is 0.174. The van der Waals surface area contributed by atoms with E-state index in [0.717, 1.165) is 11.3 Å². The highest BCUT2D eigenvalue weighted by Gasteiger charge is 2.34. The number of allylic oxidation sites excluding steroid dienone is 1. The van der Waals surface area contributed by atoms with Gasteiger partial charge in [-0.3, -0.25) is 19.5 Å². The first-order valence-electron chi connectivity index (χ1n) is 9.99. The van der Waals surface area contributed by atoms with E-state index >= 15 is 0 Å². The normalized spacial score (nSPS) is 15.7. The average Bonchev–Trinajstić information content (AvgIpc) is 3.09. The lowest BCUT2D eigenvalue weighted by Crippen LogP contribution is -2.40. The Morgan fingerprint density at radius 3 is 2.70 bits per heavy atom. The summed E-state index contributed by atoms with van der Waals surface area (Å²) < 4.78 is 20.1. The fourth-order valence-electron chi connectivity index (χ4n) is 3.63. The number of ether oxygens (including phenoxy) is 1. The van der Waals surface area contributed by atoms with Gasteiger partial charge in [-0.25, -0.2) is 14.2 Å². The molecule has 8 nitrogen and oxygen atoms in total. The number of aromatic nitrogens is 1. The van der Waals surface area contributed by atoms with Crippen molar-refractivity contribution in [3.63, 3.8) is 0 Å². The molecule has 0 spiro atoms. The summed E-state index contributed by atoms with van der Waals surface area (Å²) in [6.07, 6.45) is 1.61. The summed E-state index contributed by atoms with van der Waals surface area (Å²) in [5.41, 5.74) is 0.913. The minimum Gasteiger partial charge on any atom is -0.463 e. The van der Waals surface area contributed by atoms with Crippen molar-refractivity contribution in [2.75, 3.05) is 6.61 Å². The minimum absolute atomic E-state index is 0.117. The largest absolute Gasteiger partial charge is 0.463 e. The van der Waals surface area contributed by atoms with Gasteiger partial charge in [0.05, 0.1) is 33.4 Å². The van der Waals surface area contributed by atoms with Crippen LogP contribution >= 0.6 is 11.3 Å². The van der Waals surface area contributed by atoms with Gasteiger partial charge in [-0.15, -0.1) is 0 Å². The molecule has 0 N–H and O–H groups in total. The highest BCUT2D eigenvalue weighted by molar-refractivity contribution is 7.07. The molecule has 1 aliphatic rings. The Hall–Kier alpha value is -3.92. The van der Waals surface area contributed by atoms with Crippen molar-refractivity contribution in [3.8, 4) is 0 Å². The molecular weight excluding hydrogens is 449 g/mol. The summed E-state index contributed by atoms with van der Waals surface area (Å²) in [4.78, 5) is 41.9. The highest BCUT2D eigenvalue weighted by atomic mass is 32.1. The number of esters is 1. The number of nitrogens with zero attached hydrogens (tertiary/aromatic N) is 3. The number of hydrogen-bond donors (Lipinski definition) is 0. The van der Waals surface area contributed by atoms with Crippen molar-refractivity contribution >= 4 is 29.1 Å². The lowest BCUT2D eigenvalue weighted by atomic mass is 9.95. The predicted octanol–water partition coefficient (Wildman–Crippen LogP) is 2.85. The van der Waals surface area contributed by atoms with E-state index in [1.165, 1.54) is 34.9 Å². The van der Waals surface area contributed by atoms with Crippen LogP contribution in [0.5, 0.6) is 0 Å². The zero-order valence-electron chi connectivity index (χ0n) is 17.6. The van der Waals surface area contributed by atoms with Crippen molar-refractivity contribution in [2.45, 2.75) is 19.9 Å². The van der Waals surface area contributed by atoms with Gasteiger partial charge in [-0.05, 0) is 43.2 Å². The monoisotopic (exact) mass is 467 g/mol. The Labute approximate surface area is 190 Å². The van der Waals surface area contributed by atoms with Gasteiger partial charge >= 0.3 is 5.97 Å². The van der Waals surface area contributed by atoms with E-state index in [1.54, 1.807) is 38.1 Å². The Morgan fingerprint density at radius 1 is 1.30 bits per heavy atom. The SMILES string of the molecule is CCOC(=O)C1=C(C)N=c2s/c(=C/c3ccc(F)cc3)c(=O)n2[C@@H]1c1cccc([N+](=O)[O-])c1. The van der Waals surface area contributed by atoms with Crippen LogP contribution in [0.4, 0.5) is 10.1 Å². The van der Waals surface area contributed by atoms with Crippen LogP contribution < -0.4 is 14.9 Å². The first-order valence-corrected chi connectivity index (χ1v) is 10.8. The maximum Gasteiger partial charge on any atom is 0.338 e. The van der Waals surface area contributed by atoms with Crippen LogP contribution in [0.3, 0.4) is 0 Å². The molecule has 10 heteroatoms. The van der Waals surface area contributed by atoms with Gasteiger partial charge in [0.1, 0.15) is 5.82 Å². The summed E-state index contributed by atoms with van der Waals surface area (Å²) >= 11 is 1.12. The molecule has 2 heterocycles. The Bertz CT molecular complexity index is 1470. The molecule has 33 heavy (non-hydrogen) atoms. The molecular formula is C23H18FN3O5S. The number of nitro groups is 1. The van der Waals surface area contributed by atoms with E-state index < -0.39 is 28.3 Å². The molecule has 2 aromatic carbocycles. The third-order valence-electron chi connectivity index (χ3n) is 5.08. The van der Waals surface area contributed by atoms with Gasteiger partial charge in [0.25, 0.3) is 11.2 Å². The second-order valence-corrected chi connectivity index (χ2v) is 8.22. The lowest BCUT2D eigenvalue weighted by molar-refractivity contribution is -0.384. The average molecular weight is 467 g/mol. The molecule has 4 rings (SSSR count). The summed E-state index contributed by atoms with van der Waals surface area (Å²) in [6.45, 7) is 3.41. The smallest absolute Gasteiger partial charge is 0.338 e. The van der Waals surface area contributed by atoms with Crippen molar-refractivity contribution in [2.24, 2.45) is 4.99 Å². The van der Waals surface area contributed by atoms with Crippen molar-refractivity contribution in [1.82, 2.24) is 4.57 Å². The van der Waals surface area contributed by atoms with E-state index in [9.17, 15) is 24.1 Å². The van der Waals surface area contributed by atoms with Crippen molar-refractivity contribution < 1.29 is 18.8 Å². The number of non-ortho nitro benzene ring substituents is 1. The molecule has 3 aromatic rings. The molecule has 0 bridgehead atoms. The number of rotatable bonds is 5. The second kappa shape index (κ2) is 8.91. The van der Waals surface area contributed by atoms with Crippen LogP contribution in [0.25, 0.3) is 6.08 Å². The van der Waals surface area contributed by atoms with E-state index in [2.05, 4.69) is 4.99 Å². The molecule has 0 amide bonds. The van der Waals surface area contributed by atoms with Crippen LogP contribution in [-0.4, -0.2) is 22.1 Å². The molecule has 0 aliphatic carbocycles. The highest BCUT2D eigenvalue weighted by Crippen LogP contribution is 2.32. The molecule has 0 fully saturated rings. The number of hydrogen-bond acceptors (Lipinski definition) is 7. The molecule has 0 unspecified atom stereocenters. The zero-order chi connectivity index (χ0) is 23.7. The number of halogens is 1. The number of thiazole rings is 1.